The average Bonchev–Trinajstić information content (AvgIpc) is 2.24. The minimum absolute atomic E-state index is 0.0128. The fourth-order valence-electron chi connectivity index (χ4n) is 1.17. The first-order chi connectivity index (χ1) is 8.04. The van der Waals surface area contributed by atoms with Crippen LogP contribution < -0.4 is 15.8 Å². The topological polar surface area (TPSA) is 64.3 Å². The van der Waals surface area contributed by atoms with Crippen molar-refractivity contribution in [2.45, 2.75) is 13.3 Å². The molecule has 0 unspecified atom stereocenters. The van der Waals surface area contributed by atoms with Gasteiger partial charge in [-0.25, -0.2) is 0 Å². The van der Waals surface area contributed by atoms with Crippen LogP contribution in [0.1, 0.15) is 13.3 Å². The van der Waals surface area contributed by atoms with E-state index in [-0.39, 0.29) is 12.5 Å². The number of hydrogen-bond donors (Lipinski definition) is 2. The van der Waals surface area contributed by atoms with Crippen molar-refractivity contribution in [1.82, 2.24) is 5.32 Å². The Bertz CT molecular complexity index is 387. The Morgan fingerprint density at radius 1 is 1.41 bits per heavy atom. The van der Waals surface area contributed by atoms with Gasteiger partial charge in [0.05, 0.1) is 8.95 Å². The molecule has 1 rings (SSSR count). The molecule has 1 aromatic rings. The molecule has 1 amide bonds. The maximum atomic E-state index is 11.4. The average molecular weight is 366 g/mol. The SMILES string of the molecule is CCCNC(=O)COc1c(Br)cc(N)cc1Br. The molecule has 1 aromatic carbocycles. The fraction of sp³-hybridized carbons (Fsp3) is 0.364. The smallest absolute Gasteiger partial charge is 0.257 e. The first-order valence-electron chi connectivity index (χ1n) is 5.18. The van der Waals surface area contributed by atoms with Crippen LogP contribution in [0.4, 0.5) is 5.69 Å². The van der Waals surface area contributed by atoms with Gasteiger partial charge in [-0.2, -0.15) is 0 Å². The zero-order valence-electron chi connectivity index (χ0n) is 9.43. The quantitative estimate of drug-likeness (QED) is 0.788. The van der Waals surface area contributed by atoms with Gasteiger partial charge < -0.3 is 15.8 Å². The molecule has 0 saturated carbocycles. The van der Waals surface area contributed by atoms with Gasteiger partial charge in [-0.1, -0.05) is 6.92 Å². The van der Waals surface area contributed by atoms with Gasteiger partial charge in [-0.3, -0.25) is 4.79 Å². The number of nitrogen functional groups attached to an aromatic ring is 1. The van der Waals surface area contributed by atoms with E-state index in [0.29, 0.717) is 26.9 Å². The zero-order valence-corrected chi connectivity index (χ0v) is 12.6. The largest absolute Gasteiger partial charge is 0.481 e. The van der Waals surface area contributed by atoms with Gasteiger partial charge in [0.15, 0.2) is 6.61 Å². The van der Waals surface area contributed by atoms with E-state index in [1.807, 2.05) is 6.92 Å². The number of ether oxygens (including phenoxy) is 1. The van der Waals surface area contributed by atoms with E-state index >= 15 is 0 Å². The van der Waals surface area contributed by atoms with E-state index in [4.69, 9.17) is 10.5 Å². The molecule has 0 atom stereocenters. The number of hydrogen-bond acceptors (Lipinski definition) is 3. The number of carbonyl (C=O) groups excluding carboxylic acids is 1. The van der Waals surface area contributed by atoms with Crippen LogP contribution in [0.15, 0.2) is 21.1 Å². The maximum absolute atomic E-state index is 11.4. The third-order valence-electron chi connectivity index (χ3n) is 1.94. The van der Waals surface area contributed by atoms with Gasteiger partial charge in [-0.05, 0) is 50.4 Å². The molecule has 0 bridgehead atoms. The molecule has 0 heterocycles. The predicted octanol–water partition coefficient (Wildman–Crippen LogP) is 2.70. The van der Waals surface area contributed by atoms with E-state index in [9.17, 15) is 4.79 Å². The highest BCUT2D eigenvalue weighted by molar-refractivity contribution is 9.11. The molecule has 17 heavy (non-hydrogen) atoms. The molecule has 0 aliphatic heterocycles. The molecular weight excluding hydrogens is 352 g/mol. The van der Waals surface area contributed by atoms with E-state index in [1.165, 1.54) is 0 Å². The van der Waals surface area contributed by atoms with Crippen LogP contribution in [0.5, 0.6) is 5.75 Å². The summed E-state index contributed by atoms with van der Waals surface area (Å²) in [6, 6.07) is 3.45. The highest BCUT2D eigenvalue weighted by Crippen LogP contribution is 2.35. The summed E-state index contributed by atoms with van der Waals surface area (Å²) in [5.74, 6) is 0.438. The second kappa shape index (κ2) is 6.86. The first kappa shape index (κ1) is 14.3. The summed E-state index contributed by atoms with van der Waals surface area (Å²) in [5, 5.41) is 2.73. The normalized spacial score (nSPS) is 10.1. The van der Waals surface area contributed by atoms with Gasteiger partial charge in [0.1, 0.15) is 5.75 Å². The highest BCUT2D eigenvalue weighted by atomic mass is 79.9. The van der Waals surface area contributed by atoms with E-state index in [1.54, 1.807) is 12.1 Å². The number of anilines is 1. The lowest BCUT2D eigenvalue weighted by molar-refractivity contribution is -0.123. The van der Waals surface area contributed by atoms with Gasteiger partial charge in [0, 0.05) is 12.2 Å². The van der Waals surface area contributed by atoms with Crippen molar-refractivity contribution in [3.63, 3.8) is 0 Å². The fourth-order valence-corrected chi connectivity index (χ4v) is 2.62. The lowest BCUT2D eigenvalue weighted by atomic mass is 10.3. The van der Waals surface area contributed by atoms with Crippen molar-refractivity contribution in [3.05, 3.63) is 21.1 Å². The maximum Gasteiger partial charge on any atom is 0.257 e. The standard InChI is InChI=1S/C11H14Br2N2O2/c1-2-3-15-10(16)6-17-11-8(12)4-7(14)5-9(11)13/h4-5H,2-3,6,14H2,1H3,(H,15,16). The number of nitrogens with one attached hydrogen (secondary N) is 1. The first-order valence-corrected chi connectivity index (χ1v) is 6.77. The zero-order chi connectivity index (χ0) is 12.8. The molecule has 0 aliphatic carbocycles. The van der Waals surface area contributed by atoms with Crippen LogP contribution in [0.2, 0.25) is 0 Å². The van der Waals surface area contributed by atoms with Crippen LogP contribution in [0, 0.1) is 0 Å². The lowest BCUT2D eigenvalue weighted by Gasteiger charge is -2.11. The van der Waals surface area contributed by atoms with Gasteiger partial charge >= 0.3 is 0 Å². The number of carbonyl (C=O) groups is 1. The Morgan fingerprint density at radius 3 is 2.53 bits per heavy atom. The molecule has 0 aromatic heterocycles. The van der Waals surface area contributed by atoms with Gasteiger partial charge in [0.2, 0.25) is 0 Å². The highest BCUT2D eigenvalue weighted by Gasteiger charge is 2.10. The second-order valence-corrected chi connectivity index (χ2v) is 5.16. The van der Waals surface area contributed by atoms with Crippen LogP contribution in [0.25, 0.3) is 0 Å². The van der Waals surface area contributed by atoms with E-state index in [0.717, 1.165) is 6.42 Å². The summed E-state index contributed by atoms with van der Waals surface area (Å²) >= 11 is 6.67. The summed E-state index contributed by atoms with van der Waals surface area (Å²) in [6.45, 7) is 2.64. The third-order valence-corrected chi connectivity index (χ3v) is 3.12. The third kappa shape index (κ3) is 4.55. The van der Waals surface area contributed by atoms with E-state index in [2.05, 4.69) is 37.2 Å². The summed E-state index contributed by atoms with van der Waals surface area (Å²) in [7, 11) is 0. The summed E-state index contributed by atoms with van der Waals surface area (Å²) < 4.78 is 6.85. The monoisotopic (exact) mass is 364 g/mol. The summed E-state index contributed by atoms with van der Waals surface area (Å²) in [5.41, 5.74) is 6.27. The molecule has 4 nitrogen and oxygen atoms in total. The van der Waals surface area contributed by atoms with E-state index < -0.39 is 0 Å². The van der Waals surface area contributed by atoms with Crippen molar-refractivity contribution < 1.29 is 9.53 Å². The Balaban J connectivity index is 2.60. The van der Waals surface area contributed by atoms with Crippen molar-refractivity contribution in [2.24, 2.45) is 0 Å². The Morgan fingerprint density at radius 2 is 2.00 bits per heavy atom. The summed E-state index contributed by atoms with van der Waals surface area (Å²) in [4.78, 5) is 11.4. The van der Waals surface area contributed by atoms with Crippen molar-refractivity contribution >= 4 is 43.5 Å². The molecule has 0 spiro atoms. The van der Waals surface area contributed by atoms with Crippen LogP contribution in [0.3, 0.4) is 0 Å². The molecule has 0 fully saturated rings. The van der Waals surface area contributed by atoms with Crippen molar-refractivity contribution in [2.75, 3.05) is 18.9 Å². The van der Waals surface area contributed by atoms with Gasteiger partial charge in [0.25, 0.3) is 5.91 Å². The number of benzene rings is 1. The second-order valence-electron chi connectivity index (χ2n) is 3.45. The molecule has 0 radical (unpaired) electrons. The lowest BCUT2D eigenvalue weighted by Crippen LogP contribution is -2.29. The van der Waals surface area contributed by atoms with Crippen molar-refractivity contribution in [1.29, 1.82) is 0 Å². The number of rotatable bonds is 5. The predicted molar refractivity (Wildman–Crippen MR) is 75.1 cm³/mol. The Hall–Kier alpha value is -0.750. The van der Waals surface area contributed by atoms with Crippen LogP contribution >= 0.6 is 31.9 Å². The molecular formula is C11H14Br2N2O2. The number of nitrogens with two attached hydrogens (primary N) is 1. The Labute approximate surface area is 117 Å². The number of amides is 1. The minimum atomic E-state index is -0.137. The molecule has 3 N–H and O–H groups in total. The van der Waals surface area contributed by atoms with Gasteiger partial charge in [-0.15, -0.1) is 0 Å². The minimum Gasteiger partial charge on any atom is -0.481 e. The summed E-state index contributed by atoms with van der Waals surface area (Å²) in [6.07, 6.45) is 0.904. The molecule has 0 saturated heterocycles. The van der Waals surface area contributed by atoms with Crippen LogP contribution in [-0.4, -0.2) is 19.1 Å². The van der Waals surface area contributed by atoms with Crippen molar-refractivity contribution in [3.8, 4) is 5.75 Å². The molecule has 0 aliphatic rings. The Kier molecular flexibility index (Phi) is 5.77. The number of halogens is 2. The molecule has 6 heteroatoms. The molecule has 94 valence electrons. The van der Waals surface area contributed by atoms with Crippen LogP contribution in [-0.2, 0) is 4.79 Å².